The lowest BCUT2D eigenvalue weighted by molar-refractivity contribution is 1.07. The van der Waals surface area contributed by atoms with Gasteiger partial charge in [-0.25, -0.2) is 29.9 Å². The third kappa shape index (κ3) is 6.81. The summed E-state index contributed by atoms with van der Waals surface area (Å²) in [5.74, 6) is 3.80. The van der Waals surface area contributed by atoms with Crippen LogP contribution in [-0.4, -0.2) is 29.9 Å². The number of aromatic nitrogens is 6. The van der Waals surface area contributed by atoms with Crippen LogP contribution in [0.3, 0.4) is 0 Å². The second-order valence-electron chi connectivity index (χ2n) is 11.9. The molecule has 7 heteroatoms. The fourth-order valence-electron chi connectivity index (χ4n) is 5.73. The van der Waals surface area contributed by atoms with Crippen LogP contribution in [0.4, 0.5) is 0 Å². The molecular weight excluding hydrogens is 727 g/mol. The van der Waals surface area contributed by atoms with Crippen LogP contribution in [-0.2, 0) is 0 Å². The molecule has 0 aliphatic carbocycles. The largest absolute Gasteiger partial charge is 0.208 e. The Labute approximate surface area is 304 Å². The number of halogens is 1. The van der Waals surface area contributed by atoms with E-state index in [9.17, 15) is 0 Å². The highest BCUT2D eigenvalue weighted by Crippen LogP contribution is 2.31. The predicted octanol–water partition coefficient (Wildman–Crippen LogP) is 10.6. The lowest BCUT2D eigenvalue weighted by atomic mass is 10.0. The molecule has 0 fully saturated rings. The van der Waals surface area contributed by atoms with Crippen LogP contribution >= 0.6 is 22.6 Å². The number of rotatable bonds is 7. The standard InChI is InChI=1S/C43H29IN6/c1-28-10-8-16-35(26-28)42-47-38(30-11-4-2-5-12-30)45-40(49-42)32-20-18-29(19-21-32)34-15-9-17-36(27-34)43-48-39(31-13-6-3-7-14-31)46-41(50-43)33-22-24-37(44)25-23-33/h2-27H,1H3. The second-order valence-corrected chi connectivity index (χ2v) is 13.1. The first-order valence-electron chi connectivity index (χ1n) is 16.2. The Morgan fingerprint density at radius 2 is 0.640 bits per heavy atom. The summed E-state index contributed by atoms with van der Waals surface area (Å²) in [6, 6.07) is 53.2. The minimum Gasteiger partial charge on any atom is -0.208 e. The van der Waals surface area contributed by atoms with Gasteiger partial charge in [0.05, 0.1) is 0 Å². The minimum absolute atomic E-state index is 0.619. The van der Waals surface area contributed by atoms with Crippen molar-refractivity contribution < 1.29 is 0 Å². The van der Waals surface area contributed by atoms with Gasteiger partial charge < -0.3 is 0 Å². The maximum absolute atomic E-state index is 4.94. The normalized spacial score (nSPS) is 11.0. The molecule has 2 heterocycles. The first-order chi connectivity index (χ1) is 24.6. The molecule has 0 atom stereocenters. The van der Waals surface area contributed by atoms with E-state index < -0.39 is 0 Å². The van der Waals surface area contributed by atoms with E-state index >= 15 is 0 Å². The van der Waals surface area contributed by atoms with Crippen LogP contribution in [0.25, 0.3) is 79.5 Å². The third-order valence-electron chi connectivity index (χ3n) is 8.31. The molecule has 6 aromatic carbocycles. The minimum atomic E-state index is 0.619. The zero-order valence-corrected chi connectivity index (χ0v) is 29.2. The van der Waals surface area contributed by atoms with Gasteiger partial charge in [-0.2, -0.15) is 0 Å². The van der Waals surface area contributed by atoms with Gasteiger partial charge in [0.25, 0.3) is 0 Å². The van der Waals surface area contributed by atoms with Crippen LogP contribution in [0.15, 0.2) is 158 Å². The van der Waals surface area contributed by atoms with Gasteiger partial charge in [-0.15, -0.1) is 0 Å². The summed E-state index contributed by atoms with van der Waals surface area (Å²) in [6.07, 6.45) is 0. The SMILES string of the molecule is Cc1cccc(-c2nc(-c3ccccc3)nc(-c3ccc(-c4cccc(-c5nc(-c6ccccc6)nc(-c6ccc(I)cc6)n5)c4)cc3)n2)c1. The second kappa shape index (κ2) is 13.9. The average molecular weight is 757 g/mol. The van der Waals surface area contributed by atoms with E-state index in [2.05, 4.69) is 90.2 Å². The van der Waals surface area contributed by atoms with Crippen molar-refractivity contribution in [3.8, 4) is 79.5 Å². The molecule has 0 saturated heterocycles. The Kier molecular flexibility index (Phi) is 8.71. The molecule has 0 bridgehead atoms. The van der Waals surface area contributed by atoms with Crippen molar-refractivity contribution in [3.63, 3.8) is 0 Å². The third-order valence-corrected chi connectivity index (χ3v) is 9.03. The lowest BCUT2D eigenvalue weighted by Crippen LogP contribution is -2.00. The van der Waals surface area contributed by atoms with E-state index in [1.807, 2.05) is 97.1 Å². The van der Waals surface area contributed by atoms with Gasteiger partial charge in [-0.3, -0.25) is 0 Å². The first kappa shape index (κ1) is 31.3. The molecule has 8 aromatic rings. The molecule has 238 valence electrons. The summed E-state index contributed by atoms with van der Waals surface area (Å²) in [5, 5.41) is 0. The van der Waals surface area contributed by atoms with E-state index in [4.69, 9.17) is 29.9 Å². The Balaban J connectivity index is 1.16. The Bertz CT molecular complexity index is 2430. The van der Waals surface area contributed by atoms with Crippen LogP contribution < -0.4 is 0 Å². The molecule has 0 aliphatic rings. The molecule has 0 saturated carbocycles. The van der Waals surface area contributed by atoms with E-state index in [-0.39, 0.29) is 0 Å². The van der Waals surface area contributed by atoms with E-state index in [1.165, 1.54) is 0 Å². The van der Waals surface area contributed by atoms with E-state index in [0.717, 1.165) is 53.6 Å². The molecule has 0 amide bonds. The first-order valence-corrected chi connectivity index (χ1v) is 17.3. The molecular formula is C43H29IN6. The average Bonchev–Trinajstić information content (AvgIpc) is 3.18. The van der Waals surface area contributed by atoms with Gasteiger partial charge in [0.15, 0.2) is 34.9 Å². The molecule has 0 unspecified atom stereocenters. The van der Waals surface area contributed by atoms with E-state index in [1.54, 1.807) is 0 Å². The zero-order chi connectivity index (χ0) is 33.9. The smallest absolute Gasteiger partial charge is 0.164 e. The van der Waals surface area contributed by atoms with Crippen molar-refractivity contribution in [3.05, 3.63) is 167 Å². The highest BCUT2D eigenvalue weighted by molar-refractivity contribution is 14.1. The van der Waals surface area contributed by atoms with Gasteiger partial charge in [-0.1, -0.05) is 139 Å². The van der Waals surface area contributed by atoms with Crippen molar-refractivity contribution in [2.24, 2.45) is 0 Å². The molecule has 6 nitrogen and oxygen atoms in total. The number of nitrogens with zero attached hydrogens (tertiary/aromatic N) is 6. The topological polar surface area (TPSA) is 77.3 Å². The zero-order valence-electron chi connectivity index (χ0n) is 27.1. The quantitative estimate of drug-likeness (QED) is 0.151. The van der Waals surface area contributed by atoms with Crippen LogP contribution in [0, 0.1) is 10.5 Å². The van der Waals surface area contributed by atoms with Gasteiger partial charge in [0.2, 0.25) is 0 Å². The van der Waals surface area contributed by atoms with Gasteiger partial charge in [0.1, 0.15) is 0 Å². The molecule has 0 spiro atoms. The summed E-state index contributed by atoms with van der Waals surface area (Å²) >= 11 is 2.31. The summed E-state index contributed by atoms with van der Waals surface area (Å²) < 4.78 is 1.15. The molecule has 2 aromatic heterocycles. The maximum atomic E-state index is 4.94. The summed E-state index contributed by atoms with van der Waals surface area (Å²) in [7, 11) is 0. The molecule has 50 heavy (non-hydrogen) atoms. The number of hydrogen-bond donors (Lipinski definition) is 0. The number of hydrogen-bond acceptors (Lipinski definition) is 6. The number of aryl methyl sites for hydroxylation is 1. The van der Waals surface area contributed by atoms with E-state index in [0.29, 0.717) is 34.9 Å². The summed E-state index contributed by atoms with van der Waals surface area (Å²) in [6.45, 7) is 2.07. The predicted molar refractivity (Wildman–Crippen MR) is 209 cm³/mol. The van der Waals surface area contributed by atoms with Gasteiger partial charge >= 0.3 is 0 Å². The Morgan fingerprint density at radius 1 is 0.300 bits per heavy atom. The summed E-state index contributed by atoms with van der Waals surface area (Å²) in [4.78, 5) is 29.4. The monoisotopic (exact) mass is 756 g/mol. The highest BCUT2D eigenvalue weighted by Gasteiger charge is 2.15. The van der Waals surface area contributed by atoms with Crippen LogP contribution in [0.5, 0.6) is 0 Å². The molecule has 0 aliphatic heterocycles. The van der Waals surface area contributed by atoms with Crippen molar-refractivity contribution in [2.75, 3.05) is 0 Å². The molecule has 0 N–H and O–H groups in total. The summed E-state index contributed by atoms with van der Waals surface area (Å²) in [5.41, 5.74) is 8.85. The van der Waals surface area contributed by atoms with Gasteiger partial charge in [0, 0.05) is 37.0 Å². The molecule has 8 rings (SSSR count). The number of benzene rings is 6. The fraction of sp³-hybridized carbons (Fsp3) is 0.0233. The van der Waals surface area contributed by atoms with Crippen molar-refractivity contribution in [2.45, 2.75) is 6.92 Å². The highest BCUT2D eigenvalue weighted by atomic mass is 127. The maximum Gasteiger partial charge on any atom is 0.164 e. The van der Waals surface area contributed by atoms with Crippen molar-refractivity contribution in [1.29, 1.82) is 0 Å². The van der Waals surface area contributed by atoms with Crippen LogP contribution in [0.1, 0.15) is 5.56 Å². The lowest BCUT2D eigenvalue weighted by Gasteiger charge is -2.11. The van der Waals surface area contributed by atoms with Crippen LogP contribution in [0.2, 0.25) is 0 Å². The molecule has 0 radical (unpaired) electrons. The fourth-order valence-corrected chi connectivity index (χ4v) is 6.09. The van der Waals surface area contributed by atoms with Crippen molar-refractivity contribution in [1.82, 2.24) is 29.9 Å². The Hall–Kier alpha value is -5.93. The Morgan fingerprint density at radius 3 is 1.12 bits per heavy atom. The van der Waals surface area contributed by atoms with Gasteiger partial charge in [-0.05, 0) is 64.9 Å². The van der Waals surface area contributed by atoms with Crippen molar-refractivity contribution >= 4 is 22.6 Å².